The Morgan fingerprint density at radius 1 is 1.16 bits per heavy atom. The summed E-state index contributed by atoms with van der Waals surface area (Å²) in [6.07, 6.45) is 0. The monoisotopic (exact) mass is 340 g/mol. The van der Waals surface area contributed by atoms with Gasteiger partial charge in [-0.1, -0.05) is 18.2 Å². The predicted octanol–water partition coefficient (Wildman–Crippen LogP) is 2.89. The van der Waals surface area contributed by atoms with E-state index in [1.165, 1.54) is 13.2 Å². The van der Waals surface area contributed by atoms with Crippen LogP contribution < -0.4 is 10.1 Å². The van der Waals surface area contributed by atoms with E-state index in [-0.39, 0.29) is 11.7 Å². The Hall–Kier alpha value is -2.40. The first-order chi connectivity index (χ1) is 12.1. The minimum Gasteiger partial charge on any atom is -0.494 e. The highest BCUT2D eigenvalue weighted by atomic mass is 19.1. The van der Waals surface area contributed by atoms with Gasteiger partial charge in [0, 0.05) is 31.1 Å². The van der Waals surface area contributed by atoms with Crippen LogP contribution in [0, 0.1) is 11.7 Å². The van der Waals surface area contributed by atoms with E-state index in [2.05, 4.69) is 23.3 Å². The van der Waals surface area contributed by atoms with Gasteiger partial charge < -0.3 is 15.0 Å². The molecule has 0 radical (unpaired) electrons. The number of likely N-dealkylation sites (N-methyl/N-ethyl adjacent to an activating group) is 1. The molecular weight excluding hydrogens is 319 g/mol. The Morgan fingerprint density at radius 3 is 2.72 bits per heavy atom. The van der Waals surface area contributed by atoms with E-state index in [0.717, 1.165) is 35.3 Å². The topological polar surface area (TPSA) is 41.6 Å². The summed E-state index contributed by atoms with van der Waals surface area (Å²) in [5.74, 6) is 0.607. The van der Waals surface area contributed by atoms with Crippen LogP contribution >= 0.6 is 0 Å². The SMILES string of the molecule is COc1cc(-c2ccc3c(c2)C(=O)NCC2CN(C)CC32)ccc1F. The number of benzene rings is 2. The number of amides is 1. The number of likely N-dealkylation sites (tertiary alicyclic amines) is 1. The molecule has 1 fully saturated rings. The van der Waals surface area contributed by atoms with Gasteiger partial charge in [0.1, 0.15) is 0 Å². The Morgan fingerprint density at radius 2 is 1.92 bits per heavy atom. The summed E-state index contributed by atoms with van der Waals surface area (Å²) in [5, 5.41) is 3.05. The molecule has 1 N–H and O–H groups in total. The highest BCUT2D eigenvalue weighted by Gasteiger charge is 2.36. The first-order valence-corrected chi connectivity index (χ1v) is 8.51. The second-order valence-electron chi connectivity index (χ2n) is 6.95. The Bertz CT molecular complexity index is 836. The van der Waals surface area contributed by atoms with Crippen molar-refractivity contribution in [1.29, 1.82) is 0 Å². The average molecular weight is 340 g/mol. The smallest absolute Gasteiger partial charge is 0.251 e. The third-order valence-electron chi connectivity index (χ3n) is 5.33. The summed E-state index contributed by atoms with van der Waals surface area (Å²) in [7, 11) is 3.57. The molecule has 0 bridgehead atoms. The molecule has 2 aromatic carbocycles. The van der Waals surface area contributed by atoms with Crippen molar-refractivity contribution in [2.45, 2.75) is 5.92 Å². The van der Waals surface area contributed by atoms with E-state index in [9.17, 15) is 9.18 Å². The highest BCUT2D eigenvalue weighted by Crippen LogP contribution is 2.37. The number of hydrogen-bond acceptors (Lipinski definition) is 3. The van der Waals surface area contributed by atoms with Crippen LogP contribution in [0.15, 0.2) is 36.4 Å². The van der Waals surface area contributed by atoms with Gasteiger partial charge >= 0.3 is 0 Å². The molecule has 0 aliphatic carbocycles. The third kappa shape index (κ3) is 2.78. The lowest BCUT2D eigenvalue weighted by molar-refractivity contribution is 0.0951. The summed E-state index contributed by atoms with van der Waals surface area (Å²) in [6, 6.07) is 10.7. The fraction of sp³-hybridized carbons (Fsp3) is 0.350. The van der Waals surface area contributed by atoms with Gasteiger partial charge in [-0.05, 0) is 47.9 Å². The molecule has 4 rings (SSSR count). The molecule has 2 aromatic rings. The molecule has 2 heterocycles. The molecule has 2 aliphatic rings. The van der Waals surface area contributed by atoms with E-state index in [4.69, 9.17) is 4.74 Å². The fourth-order valence-corrected chi connectivity index (χ4v) is 4.06. The Labute approximate surface area is 146 Å². The number of nitrogens with zero attached hydrogens (tertiary/aromatic N) is 1. The maximum absolute atomic E-state index is 13.7. The molecule has 2 unspecified atom stereocenters. The molecule has 1 saturated heterocycles. The minimum absolute atomic E-state index is 0.0250. The van der Waals surface area contributed by atoms with Crippen molar-refractivity contribution in [2.24, 2.45) is 5.92 Å². The summed E-state index contributed by atoms with van der Waals surface area (Å²) in [6.45, 7) is 2.68. The number of carbonyl (C=O) groups excluding carboxylic acids is 1. The van der Waals surface area contributed by atoms with Crippen LogP contribution in [0.4, 0.5) is 4.39 Å². The van der Waals surface area contributed by atoms with Gasteiger partial charge in [-0.15, -0.1) is 0 Å². The number of fused-ring (bicyclic) bond motifs is 3. The first-order valence-electron chi connectivity index (χ1n) is 8.51. The molecule has 1 amide bonds. The first kappa shape index (κ1) is 16.1. The lowest BCUT2D eigenvalue weighted by atomic mass is 9.86. The van der Waals surface area contributed by atoms with E-state index in [1.807, 2.05) is 12.1 Å². The maximum atomic E-state index is 13.7. The largest absolute Gasteiger partial charge is 0.494 e. The number of halogens is 1. The van der Waals surface area contributed by atoms with Gasteiger partial charge in [0.25, 0.3) is 5.91 Å². The molecule has 4 nitrogen and oxygen atoms in total. The van der Waals surface area contributed by atoms with Gasteiger partial charge in [-0.25, -0.2) is 4.39 Å². The van der Waals surface area contributed by atoms with Crippen molar-refractivity contribution in [1.82, 2.24) is 10.2 Å². The molecule has 130 valence electrons. The maximum Gasteiger partial charge on any atom is 0.251 e. The van der Waals surface area contributed by atoms with Gasteiger partial charge in [0.2, 0.25) is 0 Å². The zero-order chi connectivity index (χ0) is 17.6. The fourth-order valence-electron chi connectivity index (χ4n) is 4.06. The minimum atomic E-state index is -0.393. The van der Waals surface area contributed by atoms with Crippen LogP contribution in [0.2, 0.25) is 0 Å². The summed E-state index contributed by atoms with van der Waals surface area (Å²) in [5.41, 5.74) is 3.56. The van der Waals surface area contributed by atoms with Crippen LogP contribution in [-0.2, 0) is 0 Å². The number of hydrogen-bond donors (Lipinski definition) is 1. The van der Waals surface area contributed by atoms with Crippen molar-refractivity contribution in [2.75, 3.05) is 33.8 Å². The quantitative estimate of drug-likeness (QED) is 0.914. The van der Waals surface area contributed by atoms with E-state index in [1.54, 1.807) is 12.1 Å². The van der Waals surface area contributed by atoms with Gasteiger partial charge in [-0.3, -0.25) is 4.79 Å². The molecule has 0 aromatic heterocycles. The summed E-state index contributed by atoms with van der Waals surface area (Å²) in [4.78, 5) is 14.9. The zero-order valence-corrected chi connectivity index (χ0v) is 14.4. The van der Waals surface area contributed by atoms with E-state index < -0.39 is 5.82 Å². The highest BCUT2D eigenvalue weighted by molar-refractivity contribution is 5.97. The molecular formula is C20H21FN2O2. The molecule has 25 heavy (non-hydrogen) atoms. The van der Waals surface area contributed by atoms with Crippen molar-refractivity contribution >= 4 is 5.91 Å². The lowest BCUT2D eigenvalue weighted by Crippen LogP contribution is -2.29. The molecule has 0 spiro atoms. The number of nitrogens with one attached hydrogen (secondary N) is 1. The Kier molecular flexibility index (Phi) is 3.96. The second-order valence-corrected chi connectivity index (χ2v) is 6.95. The molecule has 2 atom stereocenters. The standard InChI is InChI=1S/C20H21FN2O2/c1-23-10-14-9-22-20(24)16-7-12(3-5-15(16)17(14)11-23)13-4-6-18(21)19(8-13)25-2/h3-8,14,17H,9-11H2,1-2H3,(H,22,24). The Balaban J connectivity index is 1.78. The second kappa shape index (κ2) is 6.15. The number of rotatable bonds is 2. The lowest BCUT2D eigenvalue weighted by Gasteiger charge is -2.17. The molecule has 5 heteroatoms. The van der Waals surface area contributed by atoms with Crippen LogP contribution in [0.25, 0.3) is 11.1 Å². The number of methoxy groups -OCH3 is 1. The van der Waals surface area contributed by atoms with Crippen molar-refractivity contribution in [3.8, 4) is 16.9 Å². The van der Waals surface area contributed by atoms with Gasteiger partial charge in [0.15, 0.2) is 11.6 Å². The molecule has 2 aliphatic heterocycles. The van der Waals surface area contributed by atoms with E-state index in [0.29, 0.717) is 18.4 Å². The van der Waals surface area contributed by atoms with Gasteiger partial charge in [-0.2, -0.15) is 0 Å². The van der Waals surface area contributed by atoms with Crippen LogP contribution in [0.1, 0.15) is 21.8 Å². The van der Waals surface area contributed by atoms with Crippen LogP contribution in [-0.4, -0.2) is 44.6 Å². The average Bonchev–Trinajstić information content (AvgIpc) is 2.94. The normalized spacial score (nSPS) is 22.8. The van der Waals surface area contributed by atoms with Crippen molar-refractivity contribution in [3.05, 3.63) is 53.3 Å². The predicted molar refractivity (Wildman–Crippen MR) is 94.4 cm³/mol. The molecule has 0 saturated carbocycles. The zero-order valence-electron chi connectivity index (χ0n) is 14.4. The third-order valence-corrected chi connectivity index (χ3v) is 5.33. The van der Waals surface area contributed by atoms with Crippen molar-refractivity contribution in [3.63, 3.8) is 0 Å². The number of carbonyl (C=O) groups is 1. The van der Waals surface area contributed by atoms with Gasteiger partial charge in [0.05, 0.1) is 7.11 Å². The van der Waals surface area contributed by atoms with E-state index >= 15 is 0 Å². The van der Waals surface area contributed by atoms with Crippen molar-refractivity contribution < 1.29 is 13.9 Å². The number of ether oxygens (including phenoxy) is 1. The summed E-state index contributed by atoms with van der Waals surface area (Å²) >= 11 is 0. The van der Waals surface area contributed by atoms with Crippen LogP contribution in [0.5, 0.6) is 5.75 Å². The van der Waals surface area contributed by atoms with Crippen LogP contribution in [0.3, 0.4) is 0 Å². The summed E-state index contributed by atoms with van der Waals surface area (Å²) < 4.78 is 18.7.